The molecule has 0 nitrogen and oxygen atoms in total. The van der Waals surface area contributed by atoms with E-state index in [1.54, 1.807) is 22.3 Å². The molecule has 2 saturated carbocycles. The van der Waals surface area contributed by atoms with E-state index in [1.807, 2.05) is 6.55 Å². The Morgan fingerprint density at radius 2 is 1.27 bits per heavy atom. The van der Waals surface area contributed by atoms with Crippen LogP contribution in [-0.4, -0.2) is 3.21 Å². The second-order valence-corrected chi connectivity index (χ2v) is 22.6. The third kappa shape index (κ3) is 7.07. The van der Waals surface area contributed by atoms with Crippen LogP contribution in [0.4, 0.5) is 0 Å². The van der Waals surface area contributed by atoms with Gasteiger partial charge in [0.05, 0.1) is 0 Å². The molecule has 0 spiro atoms. The number of benzene rings is 2. The van der Waals surface area contributed by atoms with Gasteiger partial charge in [-0.05, 0) is 0 Å². The molecule has 0 amide bonds. The van der Waals surface area contributed by atoms with Crippen molar-refractivity contribution in [2.75, 3.05) is 0 Å². The standard InChI is InChI=1S/C21H25.C15H26.C5H5.2ClH.Zr/c1-20(2,3)16-9-7-14-11-15-8-10-17(21(4,5)6)13-19(15)18(14)12-16;1-12(14-7-3-4-8-14)11-13(2)15-9-5-6-10-15;1-2-4-5-3-1;;;/h7,9-10,12-13H,11H2,1-6H3;12-15H,3-10H2,1-2H3;1-3H,4H2;2*1H;/q;;;;;+2/p-2. The van der Waals surface area contributed by atoms with Crippen molar-refractivity contribution in [2.24, 2.45) is 23.7 Å². The van der Waals surface area contributed by atoms with Gasteiger partial charge in [0.15, 0.2) is 0 Å². The van der Waals surface area contributed by atoms with Crippen LogP contribution in [0.1, 0.15) is 135 Å². The summed E-state index contributed by atoms with van der Waals surface area (Å²) in [5, 5.41) is 0. The zero-order chi connectivity index (χ0) is 29.8. The Labute approximate surface area is 289 Å². The van der Waals surface area contributed by atoms with Crippen LogP contribution >= 0.6 is 0 Å². The third-order valence-electron chi connectivity index (χ3n) is 11.6. The van der Waals surface area contributed by atoms with Crippen molar-refractivity contribution in [1.82, 2.24) is 0 Å². The predicted molar refractivity (Wildman–Crippen MR) is 181 cm³/mol. The fourth-order valence-electron chi connectivity index (χ4n) is 8.84. The Balaban J connectivity index is 0.00000221. The Morgan fingerprint density at radius 1 is 0.727 bits per heavy atom. The smallest absolute Gasteiger partial charge is 1.00 e. The minimum absolute atomic E-state index is 0. The van der Waals surface area contributed by atoms with Crippen LogP contribution in [-0.2, 0) is 38.5 Å². The van der Waals surface area contributed by atoms with E-state index < -0.39 is 21.3 Å². The summed E-state index contributed by atoms with van der Waals surface area (Å²) < 4.78 is 5.78. The number of hydrogen-bond acceptors (Lipinski definition) is 0. The summed E-state index contributed by atoms with van der Waals surface area (Å²) in [7, 11) is 0. The van der Waals surface area contributed by atoms with Crippen molar-refractivity contribution in [3.8, 4) is 11.1 Å². The van der Waals surface area contributed by atoms with Gasteiger partial charge >= 0.3 is 267 Å². The molecule has 0 aliphatic heterocycles. The molecule has 3 heteroatoms. The van der Waals surface area contributed by atoms with Crippen molar-refractivity contribution in [2.45, 2.75) is 130 Å². The summed E-state index contributed by atoms with van der Waals surface area (Å²) in [5.74, 6) is 3.34. The van der Waals surface area contributed by atoms with Crippen molar-refractivity contribution >= 4 is 6.48 Å². The van der Waals surface area contributed by atoms with Crippen molar-refractivity contribution in [3.05, 3.63) is 74.1 Å². The van der Waals surface area contributed by atoms with Crippen LogP contribution in [0.3, 0.4) is 0 Å². The first-order valence-corrected chi connectivity index (χ1v) is 21.0. The monoisotopic (exact) mass is 708 g/mol. The van der Waals surface area contributed by atoms with Gasteiger partial charge < -0.3 is 24.8 Å². The molecule has 6 rings (SSSR count). The molecule has 0 radical (unpaired) electrons. The van der Waals surface area contributed by atoms with Crippen LogP contribution in [0.15, 0.2) is 51.8 Å². The molecule has 44 heavy (non-hydrogen) atoms. The van der Waals surface area contributed by atoms with E-state index in [2.05, 4.69) is 107 Å². The first kappa shape index (κ1) is 36.1. The van der Waals surface area contributed by atoms with E-state index in [9.17, 15) is 0 Å². The zero-order valence-corrected chi connectivity index (χ0v) is 32.7. The molecule has 0 N–H and O–H groups in total. The topological polar surface area (TPSA) is 0 Å². The van der Waals surface area contributed by atoms with E-state index in [4.69, 9.17) is 0 Å². The maximum Gasteiger partial charge on any atom is -1.00 e. The Hall–Kier alpha value is -0.747. The normalized spacial score (nSPS) is 19.4. The number of fused-ring (bicyclic) bond motifs is 3. The minimum Gasteiger partial charge on any atom is -1.00 e. The molecule has 2 atom stereocenters. The Morgan fingerprint density at radius 3 is 1.77 bits per heavy atom. The summed E-state index contributed by atoms with van der Waals surface area (Å²) >= 11 is -2.44. The van der Waals surface area contributed by atoms with Gasteiger partial charge in [0.2, 0.25) is 0 Å². The van der Waals surface area contributed by atoms with Crippen molar-refractivity contribution in [3.63, 3.8) is 0 Å². The van der Waals surface area contributed by atoms with Gasteiger partial charge in [-0.3, -0.25) is 0 Å². The fourth-order valence-corrected chi connectivity index (χ4v) is 18.2. The molecule has 0 heterocycles. The van der Waals surface area contributed by atoms with Gasteiger partial charge in [0, 0.05) is 0 Å². The molecule has 4 aliphatic carbocycles. The van der Waals surface area contributed by atoms with Crippen LogP contribution in [0.25, 0.3) is 11.1 Å². The van der Waals surface area contributed by atoms with E-state index in [-0.39, 0.29) is 35.6 Å². The first-order chi connectivity index (χ1) is 19.9. The molecule has 0 saturated heterocycles. The average molecular weight is 711 g/mol. The molecule has 2 fully saturated rings. The number of rotatable bonds is 6. The van der Waals surface area contributed by atoms with Gasteiger partial charge in [-0.15, -0.1) is 0 Å². The summed E-state index contributed by atoms with van der Waals surface area (Å²) in [6.45, 7) is 19.8. The minimum atomic E-state index is -2.44. The summed E-state index contributed by atoms with van der Waals surface area (Å²) in [4.78, 5) is 0. The fraction of sp³-hybridized carbons (Fsp3) is 0.585. The van der Waals surface area contributed by atoms with Crippen LogP contribution in [0.2, 0.25) is 0 Å². The van der Waals surface area contributed by atoms with E-state index >= 15 is 0 Å². The summed E-state index contributed by atoms with van der Waals surface area (Å²) in [5.41, 5.74) is 9.69. The maximum atomic E-state index is 2.77. The molecular formula is C41H56Cl2Zr. The van der Waals surface area contributed by atoms with Crippen LogP contribution < -0.4 is 28.1 Å². The van der Waals surface area contributed by atoms with Gasteiger partial charge in [0.1, 0.15) is 0 Å². The van der Waals surface area contributed by atoms with Gasteiger partial charge in [-0.2, -0.15) is 0 Å². The predicted octanol–water partition coefficient (Wildman–Crippen LogP) is 4.77. The molecule has 4 aliphatic rings. The SMILES string of the molecule is CC([C](C(C)C1CCCC1)=[Zr+2]([C]1=CC=CC1)[c]1cc(C(C)(C)C)cc2c1Cc1ccc(C(C)(C)C)cc1-2)C1CCCC1.[Cl-].[Cl-]. The molecule has 0 bridgehead atoms. The largest absolute Gasteiger partial charge is 1.00 e. The molecule has 238 valence electrons. The Kier molecular flexibility index (Phi) is 11.6. The van der Waals surface area contributed by atoms with Crippen molar-refractivity contribution in [1.29, 1.82) is 0 Å². The van der Waals surface area contributed by atoms with Crippen molar-refractivity contribution < 1.29 is 46.1 Å². The Bertz CT molecular complexity index is 1410. The molecule has 2 unspecified atom stereocenters. The molecule has 0 aromatic heterocycles. The number of hydrogen-bond donors (Lipinski definition) is 0. The van der Waals surface area contributed by atoms with E-state index in [0.29, 0.717) is 0 Å². The van der Waals surface area contributed by atoms with Gasteiger partial charge in [-0.25, -0.2) is 0 Å². The molecule has 2 aromatic rings. The number of allylic oxidation sites excluding steroid dienone is 4. The maximum absolute atomic E-state index is 2.77. The van der Waals surface area contributed by atoms with Gasteiger partial charge in [0.25, 0.3) is 0 Å². The van der Waals surface area contributed by atoms with E-state index in [0.717, 1.165) is 30.1 Å². The summed E-state index contributed by atoms with van der Waals surface area (Å²) in [6.07, 6.45) is 21.4. The zero-order valence-electron chi connectivity index (χ0n) is 28.8. The quantitative estimate of drug-likeness (QED) is 0.346. The number of halogens is 2. The summed E-state index contributed by atoms with van der Waals surface area (Å²) in [6, 6.07) is 12.8. The molecule has 2 aromatic carbocycles. The van der Waals surface area contributed by atoms with E-state index in [1.165, 1.54) is 68.9 Å². The third-order valence-corrected chi connectivity index (χ3v) is 20.2. The molecular weight excluding hydrogens is 655 g/mol. The first-order valence-electron chi connectivity index (χ1n) is 17.3. The average Bonchev–Trinajstić information content (AvgIpc) is 3.76. The van der Waals surface area contributed by atoms with Crippen LogP contribution in [0, 0.1) is 23.7 Å². The van der Waals surface area contributed by atoms with Gasteiger partial charge in [-0.1, -0.05) is 0 Å². The second-order valence-electron chi connectivity index (χ2n) is 16.4. The second kappa shape index (κ2) is 14.2. The van der Waals surface area contributed by atoms with Crippen LogP contribution in [0.5, 0.6) is 0 Å².